The van der Waals surface area contributed by atoms with Crippen LogP contribution in [0.15, 0.2) is 11.1 Å². The van der Waals surface area contributed by atoms with Crippen molar-refractivity contribution in [1.82, 2.24) is 20.0 Å². The molecular weight excluding hydrogens is 684 g/mol. The smallest absolute Gasteiger partial charge is 0.249 e. The highest BCUT2D eigenvalue weighted by molar-refractivity contribution is 6.02. The number of carbonyl (C=O) groups excluding carboxylic acids is 3. The van der Waals surface area contributed by atoms with Crippen LogP contribution >= 0.6 is 0 Å². The number of halogens is 1. The maximum Gasteiger partial charge on any atom is 0.249 e. The molecule has 3 saturated heterocycles. The monoisotopic (exact) mass is 755 g/mol. The molecule has 0 aromatic carbocycles. The van der Waals surface area contributed by atoms with E-state index in [1.165, 1.54) is 89.9 Å². The van der Waals surface area contributed by atoms with Crippen molar-refractivity contribution >= 4 is 17.7 Å². The molecule has 3 amide bonds. The van der Waals surface area contributed by atoms with E-state index in [9.17, 15) is 19.5 Å². The molecule has 2 N–H and O–H groups in total. The van der Waals surface area contributed by atoms with Crippen molar-refractivity contribution in [2.24, 2.45) is 29.6 Å². The van der Waals surface area contributed by atoms with Crippen molar-refractivity contribution in [2.75, 3.05) is 45.9 Å². The van der Waals surface area contributed by atoms with Gasteiger partial charge in [-0.05, 0) is 139 Å². The minimum Gasteiger partial charge on any atom is -0.393 e. The molecule has 4 saturated carbocycles. The van der Waals surface area contributed by atoms with E-state index in [2.05, 4.69) is 22.0 Å². The lowest BCUT2D eigenvalue weighted by molar-refractivity contribution is -0.145. The lowest BCUT2D eigenvalue weighted by Gasteiger charge is -2.43. The van der Waals surface area contributed by atoms with Crippen LogP contribution in [0.4, 0.5) is 4.39 Å². The van der Waals surface area contributed by atoms with Crippen LogP contribution < -0.4 is 5.32 Å². The van der Waals surface area contributed by atoms with E-state index in [0.717, 1.165) is 76.8 Å². The Morgan fingerprint density at radius 2 is 1.52 bits per heavy atom. The highest BCUT2D eigenvalue weighted by Crippen LogP contribution is 2.46. The average molecular weight is 755 g/mol. The van der Waals surface area contributed by atoms with Gasteiger partial charge in [-0.2, -0.15) is 0 Å². The van der Waals surface area contributed by atoms with Crippen LogP contribution in [0.2, 0.25) is 0 Å². The van der Waals surface area contributed by atoms with Gasteiger partial charge in [-0.1, -0.05) is 37.3 Å². The predicted octanol–water partition coefficient (Wildman–Crippen LogP) is 6.57. The Bertz CT molecular complexity index is 1300. The Morgan fingerprint density at radius 1 is 0.815 bits per heavy atom. The molecule has 7 fully saturated rings. The summed E-state index contributed by atoms with van der Waals surface area (Å²) >= 11 is 0. The van der Waals surface area contributed by atoms with Crippen molar-refractivity contribution in [3.8, 4) is 0 Å². The number of hydrogen-bond acceptors (Lipinski definition) is 7. The fourth-order valence-electron chi connectivity index (χ4n) is 12.1. The molecule has 3 aliphatic heterocycles. The number of alkyl halides is 1. The predicted molar refractivity (Wildman–Crippen MR) is 208 cm³/mol. The second-order valence-corrected chi connectivity index (χ2v) is 18.3. The van der Waals surface area contributed by atoms with Gasteiger partial charge in [0, 0.05) is 51.8 Å². The summed E-state index contributed by atoms with van der Waals surface area (Å²) in [6, 6.07) is -0.509. The maximum absolute atomic E-state index is 15.5. The molecule has 304 valence electrons. The minimum atomic E-state index is -1.18. The molecule has 0 aromatic rings. The van der Waals surface area contributed by atoms with Crippen LogP contribution in [0.3, 0.4) is 0 Å². The molecule has 5 atom stereocenters. The molecule has 5 unspecified atom stereocenters. The topological polar surface area (TPSA) is 102 Å². The van der Waals surface area contributed by atoms with Crippen LogP contribution in [-0.2, 0) is 19.1 Å². The Morgan fingerprint density at radius 3 is 2.20 bits per heavy atom. The van der Waals surface area contributed by atoms with E-state index in [4.69, 9.17) is 4.74 Å². The number of piperidine rings is 1. The van der Waals surface area contributed by atoms with Gasteiger partial charge in [0.1, 0.15) is 12.2 Å². The first-order valence-corrected chi connectivity index (χ1v) is 22.6. The van der Waals surface area contributed by atoms with Crippen LogP contribution in [0.25, 0.3) is 0 Å². The summed E-state index contributed by atoms with van der Waals surface area (Å²) in [5.41, 5.74) is 3.67. The maximum atomic E-state index is 15.5. The summed E-state index contributed by atoms with van der Waals surface area (Å²) in [6.45, 7) is 8.67. The van der Waals surface area contributed by atoms with Crippen molar-refractivity contribution in [2.45, 2.75) is 172 Å². The number of imide groups is 1. The number of nitrogens with one attached hydrogen (secondary N) is 1. The van der Waals surface area contributed by atoms with Gasteiger partial charge in [-0.15, -0.1) is 0 Å². The lowest BCUT2D eigenvalue weighted by Crippen LogP contribution is -2.54. The summed E-state index contributed by atoms with van der Waals surface area (Å²) in [6.07, 6.45) is 21.8. The van der Waals surface area contributed by atoms with Crippen molar-refractivity contribution < 1.29 is 28.6 Å². The molecule has 9 nitrogen and oxygen atoms in total. The van der Waals surface area contributed by atoms with Gasteiger partial charge in [0.2, 0.25) is 17.7 Å². The minimum absolute atomic E-state index is 0.0705. The number of hydrogen-bond donors (Lipinski definition) is 2. The first-order valence-electron chi connectivity index (χ1n) is 22.6. The summed E-state index contributed by atoms with van der Waals surface area (Å²) < 4.78 is 22.0. The zero-order chi connectivity index (χ0) is 37.6. The van der Waals surface area contributed by atoms with Gasteiger partial charge in [0.05, 0.1) is 18.1 Å². The fourth-order valence-corrected chi connectivity index (χ4v) is 12.1. The number of likely N-dealkylation sites (tertiary alicyclic amines) is 1. The van der Waals surface area contributed by atoms with E-state index in [-0.39, 0.29) is 36.3 Å². The number of allylic oxidation sites excluding steroid dienone is 2. The lowest BCUT2D eigenvalue weighted by atomic mass is 9.68. The normalized spacial score (nSPS) is 36.9. The number of ether oxygens (including phenoxy) is 1. The summed E-state index contributed by atoms with van der Waals surface area (Å²) in [5, 5.41) is 12.6. The number of aliphatic hydroxyl groups excluding tert-OH is 1. The average Bonchev–Trinajstić information content (AvgIpc) is 3.52. The fraction of sp³-hybridized carbons (Fsp3) is 0.886. The van der Waals surface area contributed by atoms with Gasteiger partial charge in [0.25, 0.3) is 0 Å². The molecule has 54 heavy (non-hydrogen) atoms. The molecule has 10 heteroatoms. The number of unbranched alkanes of at least 4 members (excludes halogenated alkanes) is 2. The molecular formula is C44H71FN4O5. The van der Waals surface area contributed by atoms with Crippen LogP contribution in [0, 0.1) is 29.6 Å². The van der Waals surface area contributed by atoms with Crippen LogP contribution in [0.1, 0.15) is 142 Å². The van der Waals surface area contributed by atoms with Crippen LogP contribution in [-0.4, -0.2) is 114 Å². The molecule has 0 spiro atoms. The molecule has 0 bridgehead atoms. The Balaban J connectivity index is 0.784. The number of carbonyl (C=O) groups is 3. The Labute approximate surface area is 324 Å². The molecule has 0 radical (unpaired) electrons. The highest BCUT2D eigenvalue weighted by Gasteiger charge is 2.53. The quantitative estimate of drug-likeness (QED) is 0.125. The number of rotatable bonds is 13. The third-order valence-electron chi connectivity index (χ3n) is 15.1. The van der Waals surface area contributed by atoms with Gasteiger partial charge < -0.3 is 19.6 Å². The summed E-state index contributed by atoms with van der Waals surface area (Å²) in [5.74, 6) is 0.548. The molecule has 4 aliphatic carbocycles. The largest absolute Gasteiger partial charge is 0.393 e. The number of amides is 3. The second-order valence-electron chi connectivity index (χ2n) is 18.3. The Kier molecular flexibility index (Phi) is 14.2. The van der Waals surface area contributed by atoms with Crippen LogP contribution in [0.5, 0.6) is 0 Å². The van der Waals surface area contributed by atoms with Crippen molar-refractivity contribution in [1.29, 1.82) is 0 Å². The van der Waals surface area contributed by atoms with E-state index in [1.54, 1.807) is 4.90 Å². The number of piperazine rings is 1. The molecule has 3 heterocycles. The van der Waals surface area contributed by atoms with E-state index in [0.29, 0.717) is 31.4 Å². The van der Waals surface area contributed by atoms with E-state index in [1.807, 2.05) is 11.1 Å². The number of nitrogens with zero attached hydrogens (tertiary/aromatic N) is 3. The second kappa shape index (κ2) is 19.0. The standard InChI is InChI=1S/C44H71FN4O5/c1-2-37(30-9-5-3-6-10-30)41(31-11-15-35(50)16-12-31)32-13-17-36(18-14-32)54-26-8-4-7-21-47-22-24-48(25-23-47)34-27-33-29-49(44(53)42(33)38(45)28-34)39-19-20-40(51)46-43(39)52/h30-36,38-39,42,50H,2-29H2,1H3,(H,46,51,52)/b41-37-. The van der Waals surface area contributed by atoms with Gasteiger partial charge in [0.15, 0.2) is 0 Å². The van der Waals surface area contributed by atoms with E-state index < -0.39 is 24.0 Å². The van der Waals surface area contributed by atoms with Crippen molar-refractivity contribution in [3.05, 3.63) is 11.1 Å². The third kappa shape index (κ3) is 9.62. The van der Waals surface area contributed by atoms with Gasteiger partial charge >= 0.3 is 0 Å². The number of fused-ring (bicyclic) bond motifs is 1. The summed E-state index contributed by atoms with van der Waals surface area (Å²) in [4.78, 5) is 43.8. The first-order chi connectivity index (χ1) is 26.3. The number of aliphatic hydroxyl groups is 1. The van der Waals surface area contributed by atoms with Crippen molar-refractivity contribution in [3.63, 3.8) is 0 Å². The Hall–Kier alpha value is -1.88. The molecule has 7 aliphatic rings. The zero-order valence-corrected chi connectivity index (χ0v) is 33.4. The first kappa shape index (κ1) is 40.3. The molecule has 0 aromatic heterocycles. The van der Waals surface area contributed by atoms with E-state index >= 15 is 4.39 Å². The summed E-state index contributed by atoms with van der Waals surface area (Å²) in [7, 11) is 0. The molecule has 7 rings (SSSR count). The third-order valence-corrected chi connectivity index (χ3v) is 15.1. The highest BCUT2D eigenvalue weighted by atomic mass is 19.1. The van der Waals surface area contributed by atoms with Gasteiger partial charge in [-0.25, -0.2) is 4.39 Å². The van der Waals surface area contributed by atoms with Gasteiger partial charge in [-0.3, -0.25) is 24.6 Å². The zero-order valence-electron chi connectivity index (χ0n) is 33.4. The SMILES string of the molecule is CC/C(=C(\C1CCC(O)CC1)C1CCC(OCCCCCN2CCN(C3CC(F)C4C(=O)N(C5CCC(=O)NC5=O)CC4C3)CC2)CC1)C1CCCCC1.